The van der Waals surface area contributed by atoms with Crippen LogP contribution in [0, 0.1) is 0 Å². The Bertz CT molecular complexity index is 211. The minimum atomic E-state index is -0.887. The highest BCUT2D eigenvalue weighted by Crippen LogP contribution is 2.01. The SMILES string of the molecule is CC(O)COC(CCl)COC(=O)OC(C)CO. The average molecular weight is 271 g/mol. The number of rotatable bonds is 8. The van der Waals surface area contributed by atoms with Crippen molar-refractivity contribution in [3.05, 3.63) is 0 Å². The quantitative estimate of drug-likeness (QED) is 0.494. The summed E-state index contributed by atoms with van der Waals surface area (Å²) in [4.78, 5) is 11.1. The number of hydrogen-bond donors (Lipinski definition) is 2. The van der Waals surface area contributed by atoms with Crippen LogP contribution in [0.15, 0.2) is 0 Å². The van der Waals surface area contributed by atoms with Crippen LogP contribution in [0.2, 0.25) is 0 Å². The lowest BCUT2D eigenvalue weighted by atomic mass is 10.4. The van der Waals surface area contributed by atoms with Crippen LogP contribution in [0.25, 0.3) is 0 Å². The molecule has 0 aliphatic carbocycles. The van der Waals surface area contributed by atoms with E-state index in [0.717, 1.165) is 0 Å². The molecule has 6 nitrogen and oxygen atoms in total. The largest absolute Gasteiger partial charge is 0.508 e. The molecule has 0 bridgehead atoms. The Morgan fingerprint density at radius 2 is 2.00 bits per heavy atom. The maximum absolute atomic E-state index is 11.1. The van der Waals surface area contributed by atoms with E-state index in [9.17, 15) is 4.79 Å². The number of alkyl halides is 1. The molecule has 0 rings (SSSR count). The van der Waals surface area contributed by atoms with E-state index < -0.39 is 24.5 Å². The zero-order valence-corrected chi connectivity index (χ0v) is 10.7. The van der Waals surface area contributed by atoms with Crippen molar-refractivity contribution in [2.45, 2.75) is 32.2 Å². The molecule has 0 aromatic carbocycles. The Labute approximate surface area is 105 Å². The van der Waals surface area contributed by atoms with Gasteiger partial charge in [0.05, 0.1) is 25.2 Å². The van der Waals surface area contributed by atoms with Crippen LogP contribution < -0.4 is 0 Å². The summed E-state index contributed by atoms with van der Waals surface area (Å²) in [5.41, 5.74) is 0. The van der Waals surface area contributed by atoms with Gasteiger partial charge in [0.15, 0.2) is 0 Å². The highest BCUT2D eigenvalue weighted by molar-refractivity contribution is 6.18. The summed E-state index contributed by atoms with van der Waals surface area (Å²) < 4.78 is 14.6. The lowest BCUT2D eigenvalue weighted by Crippen LogP contribution is -2.28. The fraction of sp³-hybridized carbons (Fsp3) is 0.900. The molecule has 2 N–H and O–H groups in total. The normalized spacial score (nSPS) is 16.1. The smallest absolute Gasteiger partial charge is 0.431 e. The van der Waals surface area contributed by atoms with Crippen molar-refractivity contribution >= 4 is 17.8 Å². The predicted molar refractivity (Wildman–Crippen MR) is 61.1 cm³/mol. The average Bonchev–Trinajstić information content (AvgIpc) is 2.28. The molecule has 0 aliphatic heterocycles. The summed E-state index contributed by atoms with van der Waals surface area (Å²) in [6, 6.07) is 0. The lowest BCUT2D eigenvalue weighted by Gasteiger charge is -2.17. The number of carbonyl (C=O) groups is 1. The van der Waals surface area contributed by atoms with Crippen LogP contribution in [0.4, 0.5) is 4.79 Å². The first-order valence-corrected chi connectivity index (χ1v) is 5.83. The third kappa shape index (κ3) is 9.17. The molecule has 0 spiro atoms. The molecule has 0 fully saturated rings. The Balaban J connectivity index is 3.77. The molecule has 17 heavy (non-hydrogen) atoms. The third-order valence-electron chi connectivity index (χ3n) is 1.69. The van der Waals surface area contributed by atoms with E-state index in [2.05, 4.69) is 4.74 Å². The Kier molecular flexibility index (Phi) is 9.16. The van der Waals surface area contributed by atoms with Crippen molar-refractivity contribution in [1.29, 1.82) is 0 Å². The number of aliphatic hydroxyl groups is 2. The third-order valence-corrected chi connectivity index (χ3v) is 2.03. The summed E-state index contributed by atoms with van der Waals surface area (Å²) in [6.07, 6.45) is -2.61. The highest BCUT2D eigenvalue weighted by Gasteiger charge is 2.15. The second-order valence-corrected chi connectivity index (χ2v) is 3.94. The molecule has 3 unspecified atom stereocenters. The summed E-state index contributed by atoms with van der Waals surface area (Å²) in [7, 11) is 0. The molecule has 0 aliphatic rings. The van der Waals surface area contributed by atoms with E-state index >= 15 is 0 Å². The van der Waals surface area contributed by atoms with Gasteiger partial charge in [-0.3, -0.25) is 0 Å². The maximum atomic E-state index is 11.1. The van der Waals surface area contributed by atoms with E-state index in [4.69, 9.17) is 31.3 Å². The fourth-order valence-electron chi connectivity index (χ4n) is 0.809. The zero-order valence-electron chi connectivity index (χ0n) is 9.97. The minimum absolute atomic E-state index is 0.0623. The first-order valence-electron chi connectivity index (χ1n) is 5.29. The van der Waals surface area contributed by atoms with Crippen molar-refractivity contribution in [1.82, 2.24) is 0 Å². The van der Waals surface area contributed by atoms with Gasteiger partial charge in [0.1, 0.15) is 18.8 Å². The molecular weight excluding hydrogens is 252 g/mol. The molecular formula is C10H19ClO6. The molecule has 3 atom stereocenters. The Hall–Kier alpha value is -0.560. The van der Waals surface area contributed by atoms with Crippen molar-refractivity contribution < 1.29 is 29.2 Å². The molecule has 0 radical (unpaired) electrons. The molecule has 7 heteroatoms. The van der Waals surface area contributed by atoms with Gasteiger partial charge in [-0.25, -0.2) is 4.79 Å². The molecule has 102 valence electrons. The summed E-state index contributed by atoms with van der Waals surface area (Å²) in [5.74, 6) is 0.134. The van der Waals surface area contributed by atoms with Gasteiger partial charge in [-0.1, -0.05) is 0 Å². The monoisotopic (exact) mass is 270 g/mol. The summed E-state index contributed by atoms with van der Waals surface area (Å²) in [6.45, 7) is 2.89. The molecule has 0 amide bonds. The van der Waals surface area contributed by atoms with Crippen molar-refractivity contribution in [3.8, 4) is 0 Å². The van der Waals surface area contributed by atoms with Gasteiger partial charge in [-0.15, -0.1) is 11.6 Å². The van der Waals surface area contributed by atoms with E-state index in [1.54, 1.807) is 6.92 Å². The van der Waals surface area contributed by atoms with E-state index in [-0.39, 0.29) is 25.7 Å². The predicted octanol–water partition coefficient (Wildman–Crippen LogP) is 0.525. The van der Waals surface area contributed by atoms with Gasteiger partial charge < -0.3 is 24.4 Å². The minimum Gasteiger partial charge on any atom is -0.431 e. The van der Waals surface area contributed by atoms with Gasteiger partial charge >= 0.3 is 6.16 Å². The molecule has 0 aromatic rings. The second kappa shape index (κ2) is 9.47. The van der Waals surface area contributed by atoms with E-state index in [1.165, 1.54) is 6.92 Å². The van der Waals surface area contributed by atoms with Crippen molar-refractivity contribution in [2.75, 3.05) is 25.7 Å². The number of carbonyl (C=O) groups excluding carboxylic acids is 1. The molecule has 0 saturated carbocycles. The van der Waals surface area contributed by atoms with Gasteiger partial charge in [-0.05, 0) is 13.8 Å². The topological polar surface area (TPSA) is 85.2 Å². The van der Waals surface area contributed by atoms with Gasteiger partial charge in [0.2, 0.25) is 0 Å². The Morgan fingerprint density at radius 1 is 1.35 bits per heavy atom. The maximum Gasteiger partial charge on any atom is 0.508 e. The van der Waals surface area contributed by atoms with Crippen LogP contribution in [0.3, 0.4) is 0 Å². The number of aliphatic hydroxyl groups excluding tert-OH is 2. The van der Waals surface area contributed by atoms with E-state index in [0.29, 0.717) is 0 Å². The van der Waals surface area contributed by atoms with Gasteiger partial charge in [0, 0.05) is 0 Å². The fourth-order valence-corrected chi connectivity index (χ4v) is 0.987. The first kappa shape index (κ1) is 16.4. The van der Waals surface area contributed by atoms with Crippen LogP contribution >= 0.6 is 11.6 Å². The van der Waals surface area contributed by atoms with Gasteiger partial charge in [-0.2, -0.15) is 0 Å². The second-order valence-electron chi connectivity index (χ2n) is 3.63. The summed E-state index contributed by atoms with van der Waals surface area (Å²) in [5, 5.41) is 17.6. The molecule has 0 aromatic heterocycles. The highest BCUT2D eigenvalue weighted by atomic mass is 35.5. The molecule has 0 heterocycles. The van der Waals surface area contributed by atoms with Gasteiger partial charge in [0.25, 0.3) is 0 Å². The zero-order chi connectivity index (χ0) is 13.3. The van der Waals surface area contributed by atoms with Crippen molar-refractivity contribution in [3.63, 3.8) is 0 Å². The Morgan fingerprint density at radius 3 is 2.47 bits per heavy atom. The van der Waals surface area contributed by atoms with Crippen LogP contribution in [0.5, 0.6) is 0 Å². The van der Waals surface area contributed by atoms with Crippen LogP contribution in [-0.4, -0.2) is 60.4 Å². The summed E-state index contributed by atoms with van der Waals surface area (Å²) >= 11 is 5.59. The van der Waals surface area contributed by atoms with Crippen LogP contribution in [0.1, 0.15) is 13.8 Å². The standard InChI is InChI=1S/C10H19ClO6/c1-7(13)5-15-9(3-11)6-16-10(14)17-8(2)4-12/h7-9,12-13H,3-6H2,1-2H3. The number of hydrogen-bond acceptors (Lipinski definition) is 6. The van der Waals surface area contributed by atoms with Crippen LogP contribution in [-0.2, 0) is 14.2 Å². The van der Waals surface area contributed by atoms with E-state index in [1.807, 2.05) is 0 Å². The number of ether oxygens (including phenoxy) is 3. The lowest BCUT2D eigenvalue weighted by molar-refractivity contribution is -0.0418. The van der Waals surface area contributed by atoms with Crippen molar-refractivity contribution in [2.24, 2.45) is 0 Å². The number of halogens is 1. The first-order chi connectivity index (χ1) is 7.99. The molecule has 0 saturated heterocycles.